The molecule has 3 saturated heterocycles. The summed E-state index contributed by atoms with van der Waals surface area (Å²) in [5.74, 6) is -2.96. The zero-order valence-corrected chi connectivity index (χ0v) is 21.0. The summed E-state index contributed by atoms with van der Waals surface area (Å²) in [7, 11) is 0. The molecule has 4 heterocycles. The first kappa shape index (κ1) is 24.1. The third kappa shape index (κ3) is 2.48. The van der Waals surface area contributed by atoms with Gasteiger partial charge >= 0.3 is 17.9 Å². The zero-order chi connectivity index (χ0) is 26.2. The van der Waals surface area contributed by atoms with Crippen LogP contribution >= 0.6 is 0 Å². The Morgan fingerprint density at radius 2 is 1.61 bits per heavy atom. The molecule has 0 aromatic carbocycles. The molecule has 5 fully saturated rings. The van der Waals surface area contributed by atoms with Crippen molar-refractivity contribution in [3.63, 3.8) is 0 Å². The lowest BCUT2D eigenvalue weighted by molar-refractivity contribution is -0.227. The van der Waals surface area contributed by atoms with Crippen molar-refractivity contribution in [3.8, 4) is 0 Å². The number of esters is 3. The van der Waals surface area contributed by atoms with E-state index < -0.39 is 81.8 Å². The highest BCUT2D eigenvalue weighted by Gasteiger charge is 2.89. The van der Waals surface area contributed by atoms with Gasteiger partial charge in [-0.25, -0.2) is 9.59 Å². The molecule has 0 radical (unpaired) electrons. The predicted molar refractivity (Wildman–Crippen MR) is 119 cm³/mol. The van der Waals surface area contributed by atoms with Crippen molar-refractivity contribution in [1.82, 2.24) is 0 Å². The van der Waals surface area contributed by atoms with E-state index in [9.17, 15) is 29.4 Å². The molecule has 2 saturated carbocycles. The molecule has 10 nitrogen and oxygen atoms in total. The van der Waals surface area contributed by atoms with E-state index in [1.165, 1.54) is 6.08 Å². The van der Waals surface area contributed by atoms with Crippen LogP contribution in [-0.2, 0) is 38.1 Å². The summed E-state index contributed by atoms with van der Waals surface area (Å²) in [6.07, 6.45) is -2.59. The van der Waals surface area contributed by atoms with Gasteiger partial charge in [0.1, 0.15) is 23.1 Å². The Bertz CT molecular complexity index is 1140. The minimum atomic E-state index is -1.44. The summed E-state index contributed by atoms with van der Waals surface area (Å²) >= 11 is 0. The van der Waals surface area contributed by atoms with Crippen LogP contribution in [0.4, 0.5) is 0 Å². The lowest BCUT2D eigenvalue weighted by atomic mass is 9.37. The van der Waals surface area contributed by atoms with Crippen LogP contribution in [0.2, 0.25) is 0 Å². The van der Waals surface area contributed by atoms with Gasteiger partial charge in [-0.05, 0) is 45.6 Å². The molecule has 1 unspecified atom stereocenters. The molecule has 36 heavy (non-hydrogen) atoms. The molecule has 10 heteroatoms. The Hall–Kier alpha value is -2.30. The standard InChI is InChI=1S/C26H32O10/c1-22(2)13-9-15(28)25(5)12(24(13,4)14(27)10-17(30)35-22)6-7-23(3)18(11-8-16(29)33-20(11)31)34-21(32)19-26(23,25)36-19/h8,12-14,16,18-19,27,29H,6-7,9-10H2,1-5H3/t12-,13+,14+,16?,18+,19-,23+,24-,25+,26-/m1/s1. The molecule has 0 aromatic heterocycles. The summed E-state index contributed by atoms with van der Waals surface area (Å²) in [4.78, 5) is 52.4. The molecule has 1 spiro atoms. The molecular weight excluding hydrogens is 472 g/mol. The van der Waals surface area contributed by atoms with Crippen LogP contribution in [0.25, 0.3) is 0 Å². The van der Waals surface area contributed by atoms with Crippen LogP contribution in [0, 0.1) is 28.1 Å². The van der Waals surface area contributed by atoms with E-state index in [1.807, 2.05) is 13.8 Å². The number of carbonyl (C=O) groups is 4. The Balaban J connectivity index is 1.51. The Morgan fingerprint density at radius 3 is 2.25 bits per heavy atom. The first-order valence-corrected chi connectivity index (χ1v) is 12.6. The van der Waals surface area contributed by atoms with Gasteiger partial charge in [-0.15, -0.1) is 0 Å². The van der Waals surface area contributed by atoms with Crippen molar-refractivity contribution in [1.29, 1.82) is 0 Å². The number of hydrogen-bond acceptors (Lipinski definition) is 10. The van der Waals surface area contributed by atoms with Gasteiger partial charge in [-0.3, -0.25) is 9.59 Å². The van der Waals surface area contributed by atoms with Gasteiger partial charge in [0.05, 0.1) is 23.5 Å². The van der Waals surface area contributed by atoms with E-state index in [0.717, 1.165) is 0 Å². The number of cyclic esters (lactones) is 3. The van der Waals surface area contributed by atoms with Gasteiger partial charge in [0.25, 0.3) is 0 Å². The summed E-state index contributed by atoms with van der Waals surface area (Å²) in [5.41, 5.74) is -5.28. The van der Waals surface area contributed by atoms with Crippen molar-refractivity contribution < 1.29 is 48.3 Å². The monoisotopic (exact) mass is 504 g/mol. The van der Waals surface area contributed by atoms with Crippen molar-refractivity contribution >= 4 is 23.7 Å². The number of rotatable bonds is 1. The predicted octanol–water partition coefficient (Wildman–Crippen LogP) is 0.955. The molecule has 0 aromatic rings. The maximum atomic E-state index is 14.2. The normalized spacial score (nSPS) is 52.9. The van der Waals surface area contributed by atoms with Crippen molar-refractivity contribution in [2.24, 2.45) is 28.1 Å². The second kappa shape index (κ2) is 6.76. The molecule has 6 rings (SSSR count). The molecule has 0 bridgehead atoms. The lowest BCUT2D eigenvalue weighted by Crippen LogP contribution is -2.73. The maximum Gasteiger partial charge on any atom is 0.340 e. The van der Waals surface area contributed by atoms with Crippen LogP contribution in [-0.4, -0.2) is 69.7 Å². The third-order valence-corrected chi connectivity index (χ3v) is 10.7. The number of aliphatic hydroxyl groups excluding tert-OH is 2. The number of ether oxygens (including phenoxy) is 4. The van der Waals surface area contributed by atoms with Gasteiger partial charge in [0.2, 0.25) is 6.29 Å². The van der Waals surface area contributed by atoms with E-state index in [4.69, 9.17) is 18.9 Å². The average molecular weight is 505 g/mol. The summed E-state index contributed by atoms with van der Waals surface area (Å²) in [6, 6.07) is 0. The number of ketones is 1. The van der Waals surface area contributed by atoms with Gasteiger partial charge in [-0.1, -0.05) is 13.8 Å². The van der Waals surface area contributed by atoms with E-state index in [2.05, 4.69) is 0 Å². The molecule has 2 aliphatic carbocycles. The highest BCUT2D eigenvalue weighted by molar-refractivity contribution is 5.96. The second-order valence-corrected chi connectivity index (χ2v) is 12.5. The second-order valence-electron chi connectivity index (χ2n) is 12.5. The number of carbonyl (C=O) groups excluding carboxylic acids is 4. The lowest BCUT2D eigenvalue weighted by Gasteiger charge is -2.66. The first-order chi connectivity index (χ1) is 16.6. The van der Waals surface area contributed by atoms with Crippen LogP contribution in [0.3, 0.4) is 0 Å². The summed E-state index contributed by atoms with van der Waals surface area (Å²) in [6.45, 7) is 9.13. The van der Waals surface area contributed by atoms with Gasteiger partial charge in [0, 0.05) is 23.2 Å². The Morgan fingerprint density at radius 1 is 0.917 bits per heavy atom. The maximum absolute atomic E-state index is 14.2. The van der Waals surface area contributed by atoms with E-state index in [-0.39, 0.29) is 24.2 Å². The largest absolute Gasteiger partial charge is 0.459 e. The van der Waals surface area contributed by atoms with E-state index in [1.54, 1.807) is 20.8 Å². The van der Waals surface area contributed by atoms with E-state index >= 15 is 0 Å². The third-order valence-electron chi connectivity index (χ3n) is 10.7. The van der Waals surface area contributed by atoms with Crippen LogP contribution in [0.1, 0.15) is 60.3 Å². The minimum Gasteiger partial charge on any atom is -0.459 e. The van der Waals surface area contributed by atoms with Gasteiger partial charge < -0.3 is 29.2 Å². The van der Waals surface area contributed by atoms with Crippen molar-refractivity contribution in [2.45, 2.75) is 96.1 Å². The number of aliphatic hydroxyl groups is 2. The van der Waals surface area contributed by atoms with Crippen molar-refractivity contribution in [2.75, 3.05) is 0 Å². The molecular formula is C26H32O10. The highest BCUT2D eigenvalue weighted by Crippen LogP contribution is 2.77. The quantitative estimate of drug-likeness (QED) is 0.300. The molecule has 10 atom stereocenters. The summed E-state index contributed by atoms with van der Waals surface area (Å²) in [5, 5.41) is 21.3. The molecule has 4 aliphatic heterocycles. The molecule has 196 valence electrons. The molecule has 2 N–H and O–H groups in total. The fraction of sp³-hybridized carbons (Fsp3) is 0.769. The van der Waals surface area contributed by atoms with Gasteiger partial charge in [0.15, 0.2) is 6.10 Å². The van der Waals surface area contributed by atoms with Crippen LogP contribution in [0.15, 0.2) is 11.6 Å². The molecule has 0 amide bonds. The smallest absolute Gasteiger partial charge is 0.340 e. The number of Topliss-reactive ketones (excluding diaryl/α,β-unsaturated/α-hetero) is 1. The fourth-order valence-electron chi connectivity index (χ4n) is 9.07. The van der Waals surface area contributed by atoms with Crippen LogP contribution in [0.5, 0.6) is 0 Å². The summed E-state index contributed by atoms with van der Waals surface area (Å²) < 4.78 is 22.5. The Kier molecular flexibility index (Phi) is 4.52. The number of epoxide rings is 1. The van der Waals surface area contributed by atoms with E-state index in [0.29, 0.717) is 12.8 Å². The Labute approximate surface area is 208 Å². The zero-order valence-electron chi connectivity index (χ0n) is 21.0. The fourth-order valence-corrected chi connectivity index (χ4v) is 9.07. The first-order valence-electron chi connectivity index (χ1n) is 12.6. The SMILES string of the molecule is CC1(C)OC(=O)C[C@H](O)[C@]2(C)[C@H]3CC[C@@]4(C)[C@H](C5=CC(O)OC5=O)OC(=O)[C@H]5O[C@]54[C@]3(C)C(=O)C[C@@H]12. The van der Waals surface area contributed by atoms with Crippen LogP contribution < -0.4 is 0 Å². The highest BCUT2D eigenvalue weighted by atomic mass is 16.7. The minimum absolute atomic E-state index is 0.0377. The number of fused-ring (bicyclic) bond motifs is 3. The van der Waals surface area contributed by atoms with Crippen molar-refractivity contribution in [3.05, 3.63) is 11.6 Å². The average Bonchev–Trinajstić information content (AvgIpc) is 3.47. The topological polar surface area (TPSA) is 149 Å². The molecule has 6 aliphatic rings. The number of hydrogen-bond donors (Lipinski definition) is 2. The van der Waals surface area contributed by atoms with Gasteiger partial charge in [-0.2, -0.15) is 0 Å².